The highest BCUT2D eigenvalue weighted by atomic mass is 19.2. The third kappa shape index (κ3) is 2.86. The molecule has 0 bridgehead atoms. The molecule has 24 heavy (non-hydrogen) atoms. The van der Waals surface area contributed by atoms with E-state index in [9.17, 15) is 13.6 Å². The average molecular weight is 331 g/mol. The van der Waals surface area contributed by atoms with Crippen molar-refractivity contribution in [2.75, 3.05) is 0 Å². The average Bonchev–Trinajstić information content (AvgIpc) is 2.52. The molecule has 0 spiro atoms. The summed E-state index contributed by atoms with van der Waals surface area (Å²) in [6.07, 6.45) is 0.506. The minimum absolute atomic E-state index is 0.211. The lowest BCUT2D eigenvalue weighted by Gasteiger charge is -2.40. The predicted octanol–water partition coefficient (Wildman–Crippen LogP) is 4.91. The van der Waals surface area contributed by atoms with Crippen molar-refractivity contribution in [3.63, 3.8) is 0 Å². The van der Waals surface area contributed by atoms with Crippen LogP contribution in [0.2, 0.25) is 0 Å². The number of benzene rings is 2. The van der Waals surface area contributed by atoms with E-state index in [0.29, 0.717) is 5.56 Å². The van der Waals surface area contributed by atoms with Crippen molar-refractivity contribution < 1.29 is 18.7 Å². The van der Waals surface area contributed by atoms with E-state index in [1.807, 2.05) is 26.0 Å². The minimum Gasteiger partial charge on any atom is -0.465 e. The number of rotatable bonds is 2. The number of halogens is 2. The first kappa shape index (κ1) is 16.4. The Bertz CT molecular complexity index is 802. The summed E-state index contributed by atoms with van der Waals surface area (Å²) in [6, 6.07) is 9.15. The van der Waals surface area contributed by atoms with E-state index in [1.165, 1.54) is 6.07 Å². The van der Waals surface area contributed by atoms with Crippen molar-refractivity contribution >= 4 is 6.09 Å². The van der Waals surface area contributed by atoms with Crippen LogP contribution in [0.3, 0.4) is 0 Å². The van der Waals surface area contributed by atoms with E-state index in [-0.39, 0.29) is 17.0 Å². The zero-order chi connectivity index (χ0) is 17.5. The lowest BCUT2D eigenvalue weighted by Crippen LogP contribution is -2.40. The van der Waals surface area contributed by atoms with Gasteiger partial charge in [0.05, 0.1) is 6.04 Å². The van der Waals surface area contributed by atoms with Gasteiger partial charge < -0.3 is 10.4 Å². The third-order valence-electron chi connectivity index (χ3n) is 4.80. The molecule has 2 aromatic rings. The van der Waals surface area contributed by atoms with Crippen molar-refractivity contribution in [3.05, 3.63) is 59.2 Å². The van der Waals surface area contributed by atoms with Gasteiger partial charge in [0.15, 0.2) is 11.6 Å². The lowest BCUT2D eigenvalue weighted by atomic mass is 9.70. The van der Waals surface area contributed by atoms with Crippen LogP contribution in [0.25, 0.3) is 11.1 Å². The summed E-state index contributed by atoms with van der Waals surface area (Å²) in [5.74, 6) is -1.74. The number of nitrogens with one attached hydrogen (secondary N) is 1. The standard InChI is InChI=1S/C19H19F2NO2/c1-19(2)9-8-12-10-11(13-4-3-5-15(20)16(13)21)6-7-14(12)17(19)22-18(23)24/h3-7,10,17,22H,8-9H2,1-2H3,(H,23,24)/t17-/m1/s1. The summed E-state index contributed by atoms with van der Waals surface area (Å²) in [6.45, 7) is 4.05. The zero-order valence-corrected chi connectivity index (χ0v) is 13.6. The molecule has 2 aromatic carbocycles. The number of amides is 1. The molecule has 0 radical (unpaired) electrons. The largest absolute Gasteiger partial charge is 0.465 e. The number of aryl methyl sites for hydroxylation is 1. The molecule has 0 saturated heterocycles. The van der Waals surface area contributed by atoms with Crippen LogP contribution < -0.4 is 5.32 Å². The van der Waals surface area contributed by atoms with Crippen LogP contribution >= 0.6 is 0 Å². The van der Waals surface area contributed by atoms with Gasteiger partial charge in [-0.1, -0.05) is 44.2 Å². The maximum Gasteiger partial charge on any atom is 0.405 e. The quantitative estimate of drug-likeness (QED) is 0.821. The molecule has 0 unspecified atom stereocenters. The molecular weight excluding hydrogens is 312 g/mol. The van der Waals surface area contributed by atoms with Gasteiger partial charge in [0, 0.05) is 5.56 Å². The van der Waals surface area contributed by atoms with E-state index in [1.54, 1.807) is 12.1 Å². The Balaban J connectivity index is 2.06. The Hall–Kier alpha value is -2.43. The summed E-state index contributed by atoms with van der Waals surface area (Å²) < 4.78 is 27.5. The van der Waals surface area contributed by atoms with Crippen LogP contribution in [0.4, 0.5) is 13.6 Å². The first-order valence-electron chi connectivity index (χ1n) is 7.86. The Labute approximate surface area is 139 Å². The van der Waals surface area contributed by atoms with Gasteiger partial charge in [-0.25, -0.2) is 13.6 Å². The molecule has 1 aliphatic carbocycles. The molecule has 1 atom stereocenters. The predicted molar refractivity (Wildman–Crippen MR) is 87.8 cm³/mol. The fourth-order valence-electron chi connectivity index (χ4n) is 3.42. The number of fused-ring (bicyclic) bond motifs is 1. The number of carbonyl (C=O) groups is 1. The normalized spacial score (nSPS) is 18.8. The maximum atomic E-state index is 14.0. The molecule has 3 nitrogen and oxygen atoms in total. The summed E-state index contributed by atoms with van der Waals surface area (Å²) in [7, 11) is 0. The number of hydrogen-bond donors (Lipinski definition) is 2. The van der Waals surface area contributed by atoms with Crippen LogP contribution in [0.15, 0.2) is 36.4 Å². The van der Waals surface area contributed by atoms with Gasteiger partial charge in [0.25, 0.3) is 0 Å². The van der Waals surface area contributed by atoms with E-state index < -0.39 is 17.7 Å². The number of carboxylic acid groups (broad SMARTS) is 1. The first-order valence-corrected chi connectivity index (χ1v) is 7.86. The highest BCUT2D eigenvalue weighted by molar-refractivity contribution is 5.68. The van der Waals surface area contributed by atoms with Gasteiger partial charge in [-0.3, -0.25) is 0 Å². The maximum absolute atomic E-state index is 14.0. The van der Waals surface area contributed by atoms with Gasteiger partial charge in [-0.2, -0.15) is 0 Å². The summed E-state index contributed by atoms with van der Waals surface area (Å²) in [4.78, 5) is 11.1. The van der Waals surface area contributed by atoms with Crippen molar-refractivity contribution in [1.82, 2.24) is 5.32 Å². The Morgan fingerprint density at radius 1 is 1.25 bits per heavy atom. The van der Waals surface area contributed by atoms with Gasteiger partial charge >= 0.3 is 6.09 Å². The van der Waals surface area contributed by atoms with Crippen LogP contribution in [0, 0.1) is 17.0 Å². The number of hydrogen-bond acceptors (Lipinski definition) is 1. The molecule has 0 aliphatic heterocycles. The molecule has 5 heteroatoms. The highest BCUT2D eigenvalue weighted by Gasteiger charge is 2.37. The topological polar surface area (TPSA) is 49.3 Å². The highest BCUT2D eigenvalue weighted by Crippen LogP contribution is 2.44. The lowest BCUT2D eigenvalue weighted by molar-refractivity contribution is 0.161. The van der Waals surface area contributed by atoms with Crippen LogP contribution in [-0.2, 0) is 6.42 Å². The Morgan fingerprint density at radius 2 is 2.00 bits per heavy atom. The van der Waals surface area contributed by atoms with Gasteiger partial charge in [-0.15, -0.1) is 0 Å². The molecule has 0 saturated carbocycles. The molecule has 0 aromatic heterocycles. The molecule has 1 aliphatic rings. The second-order valence-corrected chi connectivity index (χ2v) is 6.89. The van der Waals surface area contributed by atoms with E-state index in [4.69, 9.17) is 5.11 Å². The molecule has 1 amide bonds. The summed E-state index contributed by atoms with van der Waals surface area (Å²) in [5, 5.41) is 11.7. The van der Waals surface area contributed by atoms with Crippen molar-refractivity contribution in [2.45, 2.75) is 32.7 Å². The van der Waals surface area contributed by atoms with Crippen LogP contribution in [0.5, 0.6) is 0 Å². The second kappa shape index (κ2) is 5.89. The first-order chi connectivity index (χ1) is 11.3. The van der Waals surface area contributed by atoms with Crippen LogP contribution in [0.1, 0.15) is 37.4 Å². The van der Waals surface area contributed by atoms with Crippen LogP contribution in [-0.4, -0.2) is 11.2 Å². The van der Waals surface area contributed by atoms with E-state index in [2.05, 4.69) is 5.32 Å². The van der Waals surface area contributed by atoms with Crippen molar-refractivity contribution in [2.24, 2.45) is 5.41 Å². The van der Waals surface area contributed by atoms with Gasteiger partial charge in [0.2, 0.25) is 0 Å². The smallest absolute Gasteiger partial charge is 0.405 e. The SMILES string of the molecule is CC1(C)CCc2cc(-c3cccc(F)c3F)ccc2[C@H]1NC(=O)O. The molecule has 0 heterocycles. The molecular formula is C19H19F2NO2. The Morgan fingerprint density at radius 3 is 2.71 bits per heavy atom. The minimum atomic E-state index is -1.07. The second-order valence-electron chi connectivity index (χ2n) is 6.89. The molecule has 126 valence electrons. The summed E-state index contributed by atoms with van der Waals surface area (Å²) >= 11 is 0. The van der Waals surface area contributed by atoms with Crippen molar-refractivity contribution in [3.8, 4) is 11.1 Å². The summed E-state index contributed by atoms with van der Waals surface area (Å²) in [5.41, 5.74) is 2.46. The Kier molecular flexibility index (Phi) is 4.03. The van der Waals surface area contributed by atoms with E-state index in [0.717, 1.165) is 30.0 Å². The molecule has 3 rings (SSSR count). The van der Waals surface area contributed by atoms with E-state index >= 15 is 0 Å². The monoisotopic (exact) mass is 331 g/mol. The molecule has 2 N–H and O–H groups in total. The molecule has 0 fully saturated rings. The fourth-order valence-corrected chi connectivity index (χ4v) is 3.42. The third-order valence-corrected chi connectivity index (χ3v) is 4.80. The van der Waals surface area contributed by atoms with Gasteiger partial charge in [-0.05, 0) is 41.0 Å². The van der Waals surface area contributed by atoms with Gasteiger partial charge in [0.1, 0.15) is 0 Å². The van der Waals surface area contributed by atoms with Crippen molar-refractivity contribution in [1.29, 1.82) is 0 Å². The zero-order valence-electron chi connectivity index (χ0n) is 13.6. The fraction of sp³-hybridized carbons (Fsp3) is 0.316.